The van der Waals surface area contributed by atoms with Crippen LogP contribution in [0.4, 0.5) is 0 Å². The molecular formula is C17H25NO2. The van der Waals surface area contributed by atoms with Crippen molar-refractivity contribution in [3.8, 4) is 0 Å². The van der Waals surface area contributed by atoms with E-state index in [1.54, 1.807) is 0 Å². The molecule has 0 spiro atoms. The number of rotatable bonds is 5. The maximum atomic E-state index is 11.3. The SMILES string of the molecule is Cc1ccccc1C(C)NCC1CCCCC1C(=O)O. The molecule has 0 saturated heterocycles. The molecule has 1 aromatic carbocycles. The van der Waals surface area contributed by atoms with Crippen LogP contribution in [-0.2, 0) is 4.79 Å². The van der Waals surface area contributed by atoms with Gasteiger partial charge in [0.05, 0.1) is 5.92 Å². The number of hydrogen-bond donors (Lipinski definition) is 2. The van der Waals surface area contributed by atoms with Gasteiger partial charge in [0.1, 0.15) is 0 Å². The first-order valence-electron chi connectivity index (χ1n) is 7.61. The van der Waals surface area contributed by atoms with Crippen molar-refractivity contribution in [1.82, 2.24) is 5.32 Å². The quantitative estimate of drug-likeness (QED) is 0.864. The van der Waals surface area contributed by atoms with E-state index in [1.807, 2.05) is 6.07 Å². The highest BCUT2D eigenvalue weighted by Crippen LogP contribution is 2.30. The third kappa shape index (κ3) is 3.60. The van der Waals surface area contributed by atoms with Gasteiger partial charge in [0.15, 0.2) is 0 Å². The topological polar surface area (TPSA) is 49.3 Å². The summed E-state index contributed by atoms with van der Waals surface area (Å²) in [7, 11) is 0. The lowest BCUT2D eigenvalue weighted by molar-refractivity contribution is -0.144. The zero-order valence-electron chi connectivity index (χ0n) is 12.4. The third-order valence-corrected chi connectivity index (χ3v) is 4.57. The van der Waals surface area contributed by atoms with Gasteiger partial charge in [0.25, 0.3) is 0 Å². The average Bonchev–Trinajstić information content (AvgIpc) is 2.45. The number of aliphatic carboxylic acids is 1. The average molecular weight is 275 g/mol. The van der Waals surface area contributed by atoms with Crippen molar-refractivity contribution < 1.29 is 9.90 Å². The van der Waals surface area contributed by atoms with Crippen molar-refractivity contribution in [2.75, 3.05) is 6.54 Å². The van der Waals surface area contributed by atoms with Gasteiger partial charge in [-0.15, -0.1) is 0 Å². The number of hydrogen-bond acceptors (Lipinski definition) is 2. The maximum Gasteiger partial charge on any atom is 0.306 e. The van der Waals surface area contributed by atoms with Gasteiger partial charge in [-0.05, 0) is 50.3 Å². The van der Waals surface area contributed by atoms with Crippen LogP contribution in [0, 0.1) is 18.8 Å². The molecule has 0 amide bonds. The molecule has 3 heteroatoms. The molecule has 2 N–H and O–H groups in total. The van der Waals surface area contributed by atoms with E-state index < -0.39 is 5.97 Å². The van der Waals surface area contributed by atoms with Gasteiger partial charge in [-0.3, -0.25) is 4.79 Å². The molecule has 0 aromatic heterocycles. The fourth-order valence-electron chi connectivity index (χ4n) is 3.29. The minimum Gasteiger partial charge on any atom is -0.481 e. The highest BCUT2D eigenvalue weighted by molar-refractivity contribution is 5.70. The highest BCUT2D eigenvalue weighted by Gasteiger charge is 2.30. The minimum absolute atomic E-state index is 0.166. The summed E-state index contributed by atoms with van der Waals surface area (Å²) in [5, 5.41) is 12.8. The molecule has 1 aliphatic rings. The fourth-order valence-corrected chi connectivity index (χ4v) is 3.29. The van der Waals surface area contributed by atoms with Crippen LogP contribution in [0.2, 0.25) is 0 Å². The number of carboxylic acid groups (broad SMARTS) is 1. The Labute approximate surface area is 121 Å². The van der Waals surface area contributed by atoms with E-state index in [1.165, 1.54) is 11.1 Å². The molecule has 2 rings (SSSR count). The Morgan fingerprint density at radius 3 is 2.75 bits per heavy atom. The molecule has 20 heavy (non-hydrogen) atoms. The Balaban J connectivity index is 1.94. The van der Waals surface area contributed by atoms with Crippen LogP contribution in [0.5, 0.6) is 0 Å². The highest BCUT2D eigenvalue weighted by atomic mass is 16.4. The Morgan fingerprint density at radius 1 is 1.35 bits per heavy atom. The largest absolute Gasteiger partial charge is 0.481 e. The van der Waals surface area contributed by atoms with Gasteiger partial charge in [0.2, 0.25) is 0 Å². The van der Waals surface area contributed by atoms with Gasteiger partial charge < -0.3 is 10.4 Å². The first-order chi connectivity index (χ1) is 9.59. The molecule has 0 heterocycles. The lowest BCUT2D eigenvalue weighted by Crippen LogP contribution is -2.35. The Bertz CT molecular complexity index is 458. The molecule has 0 bridgehead atoms. The fraction of sp³-hybridized carbons (Fsp3) is 0.588. The lowest BCUT2D eigenvalue weighted by Gasteiger charge is -2.30. The number of nitrogens with one attached hydrogen (secondary N) is 1. The molecule has 3 atom stereocenters. The van der Waals surface area contributed by atoms with Crippen molar-refractivity contribution in [3.63, 3.8) is 0 Å². The monoisotopic (exact) mass is 275 g/mol. The van der Waals surface area contributed by atoms with Crippen molar-refractivity contribution in [2.24, 2.45) is 11.8 Å². The van der Waals surface area contributed by atoms with Gasteiger partial charge >= 0.3 is 5.97 Å². The van der Waals surface area contributed by atoms with E-state index in [-0.39, 0.29) is 17.9 Å². The van der Waals surface area contributed by atoms with Gasteiger partial charge in [-0.25, -0.2) is 0 Å². The molecule has 1 aromatic rings. The molecule has 3 nitrogen and oxygen atoms in total. The third-order valence-electron chi connectivity index (χ3n) is 4.57. The number of carbonyl (C=O) groups is 1. The predicted molar refractivity (Wildman–Crippen MR) is 80.7 cm³/mol. The van der Waals surface area contributed by atoms with E-state index in [4.69, 9.17) is 0 Å². The molecule has 3 unspecified atom stereocenters. The van der Waals surface area contributed by atoms with Gasteiger partial charge in [-0.2, -0.15) is 0 Å². The Kier molecular flexibility index (Phi) is 5.18. The summed E-state index contributed by atoms with van der Waals surface area (Å²) in [6.45, 7) is 5.07. The molecule has 1 aliphatic carbocycles. The molecule has 1 saturated carbocycles. The normalized spacial score (nSPS) is 24.3. The van der Waals surface area contributed by atoms with Crippen molar-refractivity contribution in [3.05, 3.63) is 35.4 Å². The summed E-state index contributed by atoms with van der Waals surface area (Å²) in [6.07, 6.45) is 4.08. The Hall–Kier alpha value is -1.35. The van der Waals surface area contributed by atoms with Crippen LogP contribution in [-0.4, -0.2) is 17.6 Å². The standard InChI is InChI=1S/C17H25NO2/c1-12-7-3-5-9-15(12)13(2)18-11-14-8-4-6-10-16(14)17(19)20/h3,5,7,9,13-14,16,18H,4,6,8,10-11H2,1-2H3,(H,19,20). The van der Waals surface area contributed by atoms with Crippen molar-refractivity contribution in [1.29, 1.82) is 0 Å². The van der Waals surface area contributed by atoms with Gasteiger partial charge in [-0.1, -0.05) is 37.1 Å². The zero-order valence-corrected chi connectivity index (χ0v) is 12.4. The molecule has 0 radical (unpaired) electrons. The van der Waals surface area contributed by atoms with Crippen LogP contribution < -0.4 is 5.32 Å². The van der Waals surface area contributed by atoms with Crippen LogP contribution in [0.25, 0.3) is 0 Å². The Morgan fingerprint density at radius 2 is 2.05 bits per heavy atom. The molecule has 1 fully saturated rings. The second-order valence-electron chi connectivity index (χ2n) is 5.98. The minimum atomic E-state index is -0.625. The van der Waals surface area contributed by atoms with Crippen LogP contribution in [0.1, 0.15) is 49.8 Å². The zero-order chi connectivity index (χ0) is 14.5. The maximum absolute atomic E-state index is 11.3. The number of benzene rings is 1. The first kappa shape index (κ1) is 15.0. The van der Waals surface area contributed by atoms with Crippen molar-refractivity contribution in [2.45, 2.75) is 45.6 Å². The summed E-state index contributed by atoms with van der Waals surface area (Å²) in [4.78, 5) is 11.3. The molecule has 110 valence electrons. The van der Waals surface area contributed by atoms with Crippen LogP contribution >= 0.6 is 0 Å². The number of carboxylic acids is 1. The summed E-state index contributed by atoms with van der Waals surface area (Å²) in [5.74, 6) is -0.520. The summed E-state index contributed by atoms with van der Waals surface area (Å²) in [5.41, 5.74) is 2.58. The molecular weight excluding hydrogens is 250 g/mol. The van der Waals surface area contributed by atoms with Crippen LogP contribution in [0.15, 0.2) is 24.3 Å². The predicted octanol–water partition coefficient (Wildman–Crippen LogP) is 3.54. The second kappa shape index (κ2) is 6.89. The first-order valence-corrected chi connectivity index (χ1v) is 7.61. The number of aryl methyl sites for hydroxylation is 1. The molecule has 0 aliphatic heterocycles. The summed E-state index contributed by atoms with van der Waals surface area (Å²) < 4.78 is 0. The van der Waals surface area contributed by atoms with E-state index in [2.05, 4.69) is 37.4 Å². The lowest BCUT2D eigenvalue weighted by atomic mass is 9.79. The van der Waals surface area contributed by atoms with Gasteiger partial charge in [0, 0.05) is 6.04 Å². The summed E-state index contributed by atoms with van der Waals surface area (Å²) in [6, 6.07) is 8.64. The van der Waals surface area contributed by atoms with E-state index in [9.17, 15) is 9.90 Å². The van der Waals surface area contributed by atoms with E-state index in [0.717, 1.165) is 32.2 Å². The van der Waals surface area contributed by atoms with Crippen molar-refractivity contribution >= 4 is 5.97 Å². The van der Waals surface area contributed by atoms with E-state index in [0.29, 0.717) is 0 Å². The second-order valence-corrected chi connectivity index (χ2v) is 5.98. The smallest absolute Gasteiger partial charge is 0.306 e. The summed E-state index contributed by atoms with van der Waals surface area (Å²) >= 11 is 0. The van der Waals surface area contributed by atoms with Crippen LogP contribution in [0.3, 0.4) is 0 Å². The van der Waals surface area contributed by atoms with E-state index >= 15 is 0 Å².